The van der Waals surface area contributed by atoms with Crippen molar-refractivity contribution in [1.82, 2.24) is 9.97 Å². The Labute approximate surface area is 97.5 Å². The van der Waals surface area contributed by atoms with Crippen LogP contribution in [0.2, 0.25) is 0 Å². The second kappa shape index (κ2) is 4.61. The predicted octanol–water partition coefficient (Wildman–Crippen LogP) is 1.33. The van der Waals surface area contributed by atoms with Crippen molar-refractivity contribution in [3.05, 3.63) is 58.1 Å². The van der Waals surface area contributed by atoms with Gasteiger partial charge in [-0.15, -0.1) is 0 Å². The first-order chi connectivity index (χ1) is 8.16. The molecule has 5 heteroatoms. The smallest absolute Gasteiger partial charge is 0.262 e. The van der Waals surface area contributed by atoms with Crippen LogP contribution in [0.4, 0.5) is 5.82 Å². The lowest BCUT2D eigenvalue weighted by Gasteiger charge is -2.04. The summed E-state index contributed by atoms with van der Waals surface area (Å²) in [5.41, 5.74) is 0.537. The van der Waals surface area contributed by atoms with Crippen molar-refractivity contribution in [2.45, 2.75) is 6.92 Å². The lowest BCUT2D eigenvalue weighted by atomic mass is 10.2. The summed E-state index contributed by atoms with van der Waals surface area (Å²) in [7, 11) is 0. The predicted molar refractivity (Wildman–Crippen MR) is 64.0 cm³/mol. The van der Waals surface area contributed by atoms with E-state index >= 15 is 0 Å². The molecule has 0 saturated heterocycles. The molecule has 0 radical (unpaired) electrons. The monoisotopic (exact) mass is 229 g/mol. The first-order valence-electron chi connectivity index (χ1n) is 5.09. The van der Waals surface area contributed by atoms with E-state index < -0.39 is 5.91 Å². The standard InChI is InChI=1S/C12H11N3O2/c1-8-3-2-4-11(14-8)15-12(17)9-7-13-6-5-10(9)16/h2-7H,1H3,(H,13,16)(H,14,15,17). The summed E-state index contributed by atoms with van der Waals surface area (Å²) in [5.74, 6) is -0.0387. The molecular weight excluding hydrogens is 218 g/mol. The minimum Gasteiger partial charge on any atom is -0.367 e. The maximum Gasteiger partial charge on any atom is 0.262 e. The number of pyridine rings is 2. The Morgan fingerprint density at radius 2 is 2.18 bits per heavy atom. The number of carbonyl (C=O) groups is 1. The maximum absolute atomic E-state index is 11.8. The Kier molecular flexibility index (Phi) is 3.00. The van der Waals surface area contributed by atoms with Gasteiger partial charge in [0.2, 0.25) is 0 Å². The molecule has 17 heavy (non-hydrogen) atoms. The van der Waals surface area contributed by atoms with E-state index in [-0.39, 0.29) is 11.0 Å². The van der Waals surface area contributed by atoms with Crippen molar-refractivity contribution in [3.63, 3.8) is 0 Å². The Morgan fingerprint density at radius 3 is 2.88 bits per heavy atom. The van der Waals surface area contributed by atoms with Crippen LogP contribution in [0.3, 0.4) is 0 Å². The van der Waals surface area contributed by atoms with Gasteiger partial charge in [-0.2, -0.15) is 0 Å². The Hall–Kier alpha value is -2.43. The third-order valence-corrected chi connectivity index (χ3v) is 2.20. The molecule has 2 aromatic heterocycles. The lowest BCUT2D eigenvalue weighted by Crippen LogP contribution is -2.21. The van der Waals surface area contributed by atoms with Gasteiger partial charge in [0.1, 0.15) is 11.4 Å². The van der Waals surface area contributed by atoms with Crippen LogP contribution in [0.25, 0.3) is 0 Å². The molecule has 0 aliphatic carbocycles. The number of nitrogens with zero attached hydrogens (tertiary/aromatic N) is 1. The van der Waals surface area contributed by atoms with Crippen molar-refractivity contribution in [2.24, 2.45) is 0 Å². The van der Waals surface area contributed by atoms with Crippen LogP contribution in [0.5, 0.6) is 0 Å². The fourth-order valence-electron chi connectivity index (χ4n) is 1.39. The molecule has 0 unspecified atom stereocenters. The van der Waals surface area contributed by atoms with Crippen LogP contribution in [0.1, 0.15) is 16.1 Å². The summed E-state index contributed by atoms with van der Waals surface area (Å²) in [5, 5.41) is 2.57. The molecule has 0 atom stereocenters. The normalized spacial score (nSPS) is 9.94. The Morgan fingerprint density at radius 1 is 1.35 bits per heavy atom. The zero-order chi connectivity index (χ0) is 12.3. The Bertz CT molecular complexity index is 604. The SMILES string of the molecule is Cc1cccc(NC(=O)c2c[nH]ccc2=O)n1. The minimum absolute atomic E-state index is 0.0656. The summed E-state index contributed by atoms with van der Waals surface area (Å²) >= 11 is 0. The van der Waals surface area contributed by atoms with Crippen molar-refractivity contribution >= 4 is 11.7 Å². The highest BCUT2D eigenvalue weighted by Gasteiger charge is 2.09. The quantitative estimate of drug-likeness (QED) is 0.815. The summed E-state index contributed by atoms with van der Waals surface area (Å²) < 4.78 is 0. The molecule has 0 aromatic carbocycles. The van der Waals surface area contributed by atoms with Crippen molar-refractivity contribution < 1.29 is 4.79 Å². The highest BCUT2D eigenvalue weighted by molar-refractivity contribution is 6.03. The van der Waals surface area contributed by atoms with Crippen LogP contribution < -0.4 is 10.7 Å². The van der Waals surface area contributed by atoms with Gasteiger partial charge < -0.3 is 10.3 Å². The van der Waals surface area contributed by atoms with E-state index in [4.69, 9.17) is 0 Å². The van der Waals surface area contributed by atoms with Crippen LogP contribution in [0.15, 0.2) is 41.5 Å². The van der Waals surface area contributed by atoms with Crippen molar-refractivity contribution in [3.8, 4) is 0 Å². The molecule has 1 amide bonds. The molecular formula is C12H11N3O2. The Balaban J connectivity index is 2.23. The molecule has 0 saturated carbocycles. The highest BCUT2D eigenvalue weighted by Crippen LogP contribution is 2.05. The van der Waals surface area contributed by atoms with E-state index in [1.807, 2.05) is 13.0 Å². The van der Waals surface area contributed by atoms with Gasteiger partial charge in [0.05, 0.1) is 0 Å². The molecule has 2 heterocycles. The largest absolute Gasteiger partial charge is 0.367 e. The van der Waals surface area contributed by atoms with E-state index in [0.29, 0.717) is 5.82 Å². The fraction of sp³-hybridized carbons (Fsp3) is 0.0833. The van der Waals surface area contributed by atoms with Gasteiger partial charge in [0.25, 0.3) is 5.91 Å². The average Bonchev–Trinajstić information content (AvgIpc) is 2.29. The highest BCUT2D eigenvalue weighted by atomic mass is 16.2. The molecule has 2 N–H and O–H groups in total. The van der Waals surface area contributed by atoms with Crippen LogP contribution >= 0.6 is 0 Å². The summed E-state index contributed by atoms with van der Waals surface area (Å²) in [6.07, 6.45) is 2.84. The van der Waals surface area contributed by atoms with Gasteiger partial charge in [0.15, 0.2) is 5.43 Å². The molecule has 2 aromatic rings. The molecule has 0 aliphatic heterocycles. The van der Waals surface area contributed by atoms with E-state index in [9.17, 15) is 9.59 Å². The third-order valence-electron chi connectivity index (χ3n) is 2.20. The summed E-state index contributed by atoms with van der Waals surface area (Å²) in [6.45, 7) is 1.82. The molecule has 0 aliphatic rings. The number of aromatic amines is 1. The van der Waals surface area contributed by atoms with E-state index in [0.717, 1.165) is 5.69 Å². The molecule has 5 nitrogen and oxygen atoms in total. The van der Waals surface area contributed by atoms with E-state index in [1.165, 1.54) is 18.5 Å². The molecule has 0 fully saturated rings. The van der Waals surface area contributed by atoms with Crippen LogP contribution in [-0.4, -0.2) is 15.9 Å². The molecule has 2 rings (SSSR count). The summed E-state index contributed by atoms with van der Waals surface area (Å²) in [4.78, 5) is 30.0. The van der Waals surface area contributed by atoms with Gasteiger partial charge in [-0.05, 0) is 19.1 Å². The number of rotatable bonds is 2. The van der Waals surface area contributed by atoms with Crippen molar-refractivity contribution in [1.29, 1.82) is 0 Å². The lowest BCUT2D eigenvalue weighted by molar-refractivity contribution is 0.102. The summed E-state index contributed by atoms with van der Waals surface area (Å²) in [6, 6.07) is 6.58. The molecule has 0 spiro atoms. The number of aromatic nitrogens is 2. The topological polar surface area (TPSA) is 74.8 Å². The van der Waals surface area contributed by atoms with Gasteiger partial charge in [-0.3, -0.25) is 9.59 Å². The maximum atomic E-state index is 11.8. The number of amides is 1. The molecule has 0 bridgehead atoms. The number of anilines is 1. The van der Waals surface area contributed by atoms with Crippen LogP contribution in [-0.2, 0) is 0 Å². The first-order valence-corrected chi connectivity index (χ1v) is 5.09. The zero-order valence-corrected chi connectivity index (χ0v) is 9.23. The van der Waals surface area contributed by atoms with Crippen LogP contribution in [0, 0.1) is 6.92 Å². The number of nitrogens with one attached hydrogen (secondary N) is 2. The zero-order valence-electron chi connectivity index (χ0n) is 9.23. The fourth-order valence-corrected chi connectivity index (χ4v) is 1.39. The number of aryl methyl sites for hydroxylation is 1. The number of hydrogen-bond donors (Lipinski definition) is 2. The van der Waals surface area contributed by atoms with Crippen molar-refractivity contribution in [2.75, 3.05) is 5.32 Å². The number of H-pyrrole nitrogens is 1. The number of hydrogen-bond acceptors (Lipinski definition) is 3. The number of carbonyl (C=O) groups excluding carboxylic acids is 1. The van der Waals surface area contributed by atoms with Gasteiger partial charge in [0, 0.05) is 24.2 Å². The van der Waals surface area contributed by atoms with Gasteiger partial charge in [-0.25, -0.2) is 4.98 Å². The average molecular weight is 229 g/mol. The van der Waals surface area contributed by atoms with Gasteiger partial charge >= 0.3 is 0 Å². The second-order valence-electron chi connectivity index (χ2n) is 3.54. The van der Waals surface area contributed by atoms with E-state index in [1.54, 1.807) is 12.1 Å². The van der Waals surface area contributed by atoms with Gasteiger partial charge in [-0.1, -0.05) is 6.07 Å². The minimum atomic E-state index is -0.468. The second-order valence-corrected chi connectivity index (χ2v) is 3.54. The van der Waals surface area contributed by atoms with E-state index in [2.05, 4.69) is 15.3 Å². The first kappa shape index (κ1) is 11.1. The third kappa shape index (κ3) is 2.57. The molecule has 86 valence electrons.